The summed E-state index contributed by atoms with van der Waals surface area (Å²) in [5, 5.41) is 0. The molecule has 7 heteroatoms. The Labute approximate surface area is 98.2 Å². The van der Waals surface area contributed by atoms with Gasteiger partial charge in [-0.1, -0.05) is 34.8 Å². The van der Waals surface area contributed by atoms with E-state index < -0.39 is 9.89 Å². The number of halogens is 3. The largest absolute Gasteiger partial charge is 0.445 e. The monoisotopic (exact) mass is 262 g/mol. The van der Waals surface area contributed by atoms with Crippen molar-refractivity contribution >= 4 is 40.9 Å². The van der Waals surface area contributed by atoms with Crippen molar-refractivity contribution in [3.05, 3.63) is 0 Å². The summed E-state index contributed by atoms with van der Waals surface area (Å²) in [6.07, 6.45) is -0.524. The van der Waals surface area contributed by atoms with Crippen LogP contribution in [0.25, 0.3) is 0 Å². The maximum atomic E-state index is 11.3. The van der Waals surface area contributed by atoms with Crippen molar-refractivity contribution in [2.75, 3.05) is 26.2 Å². The topological polar surface area (TPSA) is 55.6 Å². The third-order valence-corrected chi connectivity index (χ3v) is 1.73. The molecule has 0 unspecified atom stereocenters. The molecule has 0 aromatic rings. The average Bonchev–Trinajstić information content (AvgIpc) is 2.09. The summed E-state index contributed by atoms with van der Waals surface area (Å²) in [5.41, 5.74) is 5.30. The van der Waals surface area contributed by atoms with Gasteiger partial charge in [-0.3, -0.25) is 0 Å². The first kappa shape index (κ1) is 14.1. The molecule has 0 aliphatic carbocycles. The number of ether oxygens (including phenoxy) is 1. The fourth-order valence-electron chi connectivity index (χ4n) is 0.769. The van der Waals surface area contributed by atoms with Crippen LogP contribution in [0.4, 0.5) is 4.79 Å². The Bertz CT molecular complexity index is 184. The molecule has 0 heterocycles. The number of alkyl halides is 3. The molecule has 0 atom stereocenters. The van der Waals surface area contributed by atoms with E-state index >= 15 is 0 Å². The second-order valence-electron chi connectivity index (χ2n) is 2.54. The average molecular weight is 264 g/mol. The SMILES string of the molecule is CCN(CCN)C(=O)OCC(Cl)(Cl)Cl. The molecule has 0 aromatic heterocycles. The Morgan fingerprint density at radius 1 is 1.50 bits per heavy atom. The lowest BCUT2D eigenvalue weighted by Crippen LogP contribution is -2.36. The van der Waals surface area contributed by atoms with Crippen LogP contribution in [0, 0.1) is 0 Å². The summed E-state index contributed by atoms with van der Waals surface area (Å²) in [5.74, 6) is 0. The second-order valence-corrected chi connectivity index (χ2v) is 5.05. The molecular formula is C7H13Cl3N2O2. The van der Waals surface area contributed by atoms with Crippen LogP contribution in [0.2, 0.25) is 0 Å². The van der Waals surface area contributed by atoms with Gasteiger partial charge in [0.25, 0.3) is 0 Å². The van der Waals surface area contributed by atoms with Crippen LogP contribution in [0.15, 0.2) is 0 Å². The van der Waals surface area contributed by atoms with E-state index in [9.17, 15) is 4.79 Å². The highest BCUT2D eigenvalue weighted by Crippen LogP contribution is 2.26. The van der Waals surface area contributed by atoms with Crippen LogP contribution < -0.4 is 5.73 Å². The summed E-state index contributed by atoms with van der Waals surface area (Å²) in [6.45, 7) is 2.85. The second kappa shape index (κ2) is 6.56. The van der Waals surface area contributed by atoms with Gasteiger partial charge in [-0.05, 0) is 6.92 Å². The van der Waals surface area contributed by atoms with Gasteiger partial charge in [0, 0.05) is 19.6 Å². The van der Waals surface area contributed by atoms with Crippen LogP contribution in [-0.4, -0.2) is 41.0 Å². The van der Waals surface area contributed by atoms with E-state index in [1.165, 1.54) is 4.90 Å². The maximum absolute atomic E-state index is 11.3. The van der Waals surface area contributed by atoms with Gasteiger partial charge >= 0.3 is 6.09 Å². The standard InChI is InChI=1S/C7H13Cl3N2O2/c1-2-12(4-3-11)6(13)14-5-7(8,9)10/h2-5,11H2,1H3. The van der Waals surface area contributed by atoms with Crippen molar-refractivity contribution in [3.63, 3.8) is 0 Å². The van der Waals surface area contributed by atoms with Gasteiger partial charge in [-0.2, -0.15) is 0 Å². The van der Waals surface area contributed by atoms with Crippen molar-refractivity contribution in [1.82, 2.24) is 4.90 Å². The zero-order valence-electron chi connectivity index (χ0n) is 7.80. The zero-order chi connectivity index (χ0) is 11.2. The first-order valence-corrected chi connectivity index (χ1v) is 5.22. The molecule has 0 saturated heterocycles. The van der Waals surface area contributed by atoms with E-state index in [4.69, 9.17) is 45.3 Å². The van der Waals surface area contributed by atoms with E-state index in [1.54, 1.807) is 0 Å². The third kappa shape index (κ3) is 6.54. The van der Waals surface area contributed by atoms with E-state index in [2.05, 4.69) is 0 Å². The minimum atomic E-state index is -1.57. The van der Waals surface area contributed by atoms with E-state index in [1.807, 2.05) is 6.92 Å². The van der Waals surface area contributed by atoms with Crippen molar-refractivity contribution in [2.45, 2.75) is 10.7 Å². The molecule has 1 amide bonds. The fourth-order valence-corrected chi connectivity index (χ4v) is 0.933. The Hall–Kier alpha value is 0.1000. The quantitative estimate of drug-likeness (QED) is 0.787. The summed E-state index contributed by atoms with van der Waals surface area (Å²) in [6, 6.07) is 0. The highest BCUT2D eigenvalue weighted by atomic mass is 35.6. The summed E-state index contributed by atoms with van der Waals surface area (Å²) in [4.78, 5) is 12.7. The normalized spacial score (nSPS) is 11.2. The molecule has 0 fully saturated rings. The Balaban J connectivity index is 3.93. The molecule has 0 aliphatic rings. The Morgan fingerprint density at radius 2 is 2.07 bits per heavy atom. The van der Waals surface area contributed by atoms with E-state index in [-0.39, 0.29) is 6.61 Å². The molecule has 4 nitrogen and oxygen atoms in total. The van der Waals surface area contributed by atoms with Crippen LogP contribution >= 0.6 is 34.8 Å². The Kier molecular flexibility index (Phi) is 6.61. The van der Waals surface area contributed by atoms with Gasteiger partial charge in [0.05, 0.1) is 0 Å². The smallest absolute Gasteiger partial charge is 0.409 e. The number of amides is 1. The third-order valence-electron chi connectivity index (χ3n) is 1.40. The van der Waals surface area contributed by atoms with Crippen molar-refractivity contribution in [3.8, 4) is 0 Å². The number of nitrogens with zero attached hydrogens (tertiary/aromatic N) is 1. The first-order valence-electron chi connectivity index (χ1n) is 4.09. The number of hydrogen-bond donors (Lipinski definition) is 1. The number of rotatable bonds is 4. The summed E-state index contributed by atoms with van der Waals surface area (Å²) < 4.78 is 3.18. The van der Waals surface area contributed by atoms with Gasteiger partial charge in [-0.25, -0.2) is 4.79 Å². The van der Waals surface area contributed by atoms with Gasteiger partial charge in [0.15, 0.2) is 0 Å². The lowest BCUT2D eigenvalue weighted by Gasteiger charge is -2.20. The lowest BCUT2D eigenvalue weighted by molar-refractivity contribution is 0.107. The van der Waals surface area contributed by atoms with Crippen LogP contribution in [0.5, 0.6) is 0 Å². The summed E-state index contributed by atoms with van der Waals surface area (Å²) in [7, 11) is 0. The molecule has 84 valence electrons. The number of nitrogens with two attached hydrogens (primary N) is 1. The molecule has 14 heavy (non-hydrogen) atoms. The fraction of sp³-hybridized carbons (Fsp3) is 0.857. The maximum Gasteiger partial charge on any atom is 0.409 e. The van der Waals surface area contributed by atoms with Crippen LogP contribution in [-0.2, 0) is 4.74 Å². The predicted octanol–water partition coefficient (Wildman–Crippen LogP) is 1.77. The minimum Gasteiger partial charge on any atom is -0.445 e. The molecule has 0 spiro atoms. The van der Waals surface area contributed by atoms with Crippen LogP contribution in [0.1, 0.15) is 6.92 Å². The van der Waals surface area contributed by atoms with Gasteiger partial charge in [0.1, 0.15) is 6.61 Å². The lowest BCUT2D eigenvalue weighted by atomic mass is 10.5. The molecular weight excluding hydrogens is 250 g/mol. The van der Waals surface area contributed by atoms with Crippen LogP contribution in [0.3, 0.4) is 0 Å². The predicted molar refractivity (Wildman–Crippen MR) is 57.9 cm³/mol. The highest BCUT2D eigenvalue weighted by molar-refractivity contribution is 6.67. The number of hydrogen-bond acceptors (Lipinski definition) is 3. The van der Waals surface area contributed by atoms with Gasteiger partial charge < -0.3 is 15.4 Å². The van der Waals surface area contributed by atoms with Crippen molar-refractivity contribution in [1.29, 1.82) is 0 Å². The minimum absolute atomic E-state index is 0.266. The number of likely N-dealkylation sites (N-methyl/N-ethyl adjacent to an activating group) is 1. The van der Waals surface area contributed by atoms with Crippen molar-refractivity contribution < 1.29 is 9.53 Å². The number of carbonyl (C=O) groups is 1. The molecule has 0 rings (SSSR count). The molecule has 0 aromatic carbocycles. The van der Waals surface area contributed by atoms with E-state index in [0.29, 0.717) is 19.6 Å². The number of carbonyl (C=O) groups excluding carboxylic acids is 1. The summed E-state index contributed by atoms with van der Waals surface area (Å²) >= 11 is 16.2. The molecule has 0 aliphatic heterocycles. The van der Waals surface area contributed by atoms with Gasteiger partial charge in [-0.15, -0.1) is 0 Å². The van der Waals surface area contributed by atoms with E-state index in [0.717, 1.165) is 0 Å². The highest BCUT2D eigenvalue weighted by Gasteiger charge is 2.23. The molecule has 0 bridgehead atoms. The zero-order valence-corrected chi connectivity index (χ0v) is 10.1. The first-order chi connectivity index (χ1) is 6.40. The van der Waals surface area contributed by atoms with Crippen molar-refractivity contribution in [2.24, 2.45) is 5.73 Å². The van der Waals surface area contributed by atoms with Gasteiger partial charge in [0.2, 0.25) is 3.79 Å². The Morgan fingerprint density at radius 3 is 2.43 bits per heavy atom. The molecule has 0 saturated carbocycles. The molecule has 2 N–H and O–H groups in total. The molecule has 0 radical (unpaired) electrons.